The van der Waals surface area contributed by atoms with Crippen LogP contribution in [0.5, 0.6) is 0 Å². The van der Waals surface area contributed by atoms with E-state index in [0.717, 1.165) is 41.5 Å². The number of ether oxygens (including phenoxy) is 1. The Labute approximate surface area is 203 Å². The third-order valence-corrected chi connectivity index (χ3v) is 6.78. The lowest BCUT2D eigenvalue weighted by Crippen LogP contribution is -2.41. The van der Waals surface area contributed by atoms with Gasteiger partial charge in [-0.15, -0.1) is 0 Å². The van der Waals surface area contributed by atoms with Crippen molar-refractivity contribution in [3.05, 3.63) is 59.7 Å². The maximum atomic E-state index is 12.4. The SMILES string of the molecule is CCCCCCCCCCCC[C@H](NC(=O)OCC1c2ccccc2-c2ccccc21)C(=O)O. The van der Waals surface area contributed by atoms with E-state index in [-0.39, 0.29) is 12.5 Å². The minimum atomic E-state index is -1.01. The maximum Gasteiger partial charge on any atom is 0.407 e. The van der Waals surface area contributed by atoms with Gasteiger partial charge in [-0.3, -0.25) is 0 Å². The number of unbranched alkanes of at least 4 members (excludes halogenated alkanes) is 9. The standard InChI is InChI=1S/C29H39NO4/c1-2-3-4-5-6-7-8-9-10-11-20-27(28(31)32)30-29(33)34-21-26-24-18-14-12-16-22(24)23-17-13-15-19-25(23)26/h12-19,26-27H,2-11,20-21H2,1H3,(H,30,33)(H,31,32)/t27-/m0/s1. The van der Waals surface area contributed by atoms with Gasteiger partial charge in [-0.2, -0.15) is 0 Å². The molecule has 0 aromatic heterocycles. The molecular weight excluding hydrogens is 426 g/mol. The number of hydrogen-bond donors (Lipinski definition) is 2. The number of hydrogen-bond acceptors (Lipinski definition) is 3. The summed E-state index contributed by atoms with van der Waals surface area (Å²) in [6.45, 7) is 2.41. The molecule has 184 valence electrons. The summed E-state index contributed by atoms with van der Waals surface area (Å²) in [5.41, 5.74) is 4.60. The summed E-state index contributed by atoms with van der Waals surface area (Å²) in [6, 6.07) is 15.4. The van der Waals surface area contributed by atoms with Gasteiger partial charge in [-0.1, -0.05) is 120 Å². The zero-order chi connectivity index (χ0) is 24.2. The van der Waals surface area contributed by atoms with E-state index in [2.05, 4.69) is 36.5 Å². The highest BCUT2D eigenvalue weighted by molar-refractivity contribution is 5.81. The number of nitrogens with one attached hydrogen (secondary N) is 1. The number of carboxylic acids is 1. The number of aliphatic carboxylic acids is 1. The first-order valence-electron chi connectivity index (χ1n) is 13.0. The van der Waals surface area contributed by atoms with E-state index in [1.165, 1.54) is 44.9 Å². The van der Waals surface area contributed by atoms with Crippen molar-refractivity contribution in [3.8, 4) is 11.1 Å². The van der Waals surface area contributed by atoms with Crippen LogP contribution in [0, 0.1) is 0 Å². The van der Waals surface area contributed by atoms with Crippen LogP contribution in [-0.4, -0.2) is 29.8 Å². The van der Waals surface area contributed by atoms with Crippen LogP contribution in [0.2, 0.25) is 0 Å². The van der Waals surface area contributed by atoms with Crippen LogP contribution in [0.15, 0.2) is 48.5 Å². The predicted octanol–water partition coefficient (Wildman–Crippen LogP) is 7.29. The molecular formula is C29H39NO4. The van der Waals surface area contributed by atoms with Gasteiger partial charge in [0.1, 0.15) is 12.6 Å². The average molecular weight is 466 g/mol. The Bertz CT molecular complexity index is 880. The summed E-state index contributed by atoms with van der Waals surface area (Å²) < 4.78 is 5.51. The van der Waals surface area contributed by atoms with E-state index in [9.17, 15) is 14.7 Å². The number of amides is 1. The highest BCUT2D eigenvalue weighted by atomic mass is 16.5. The first kappa shape index (κ1) is 25.8. The largest absolute Gasteiger partial charge is 0.480 e. The van der Waals surface area contributed by atoms with Crippen LogP contribution in [0.4, 0.5) is 4.79 Å². The molecule has 0 bridgehead atoms. The quantitative estimate of drug-likeness (QED) is 0.271. The van der Waals surface area contributed by atoms with Gasteiger partial charge in [-0.25, -0.2) is 9.59 Å². The smallest absolute Gasteiger partial charge is 0.407 e. The molecule has 0 radical (unpaired) electrons. The van der Waals surface area contributed by atoms with Gasteiger partial charge in [0.05, 0.1) is 0 Å². The number of rotatable bonds is 15. The summed E-state index contributed by atoms with van der Waals surface area (Å²) in [5, 5.41) is 12.1. The molecule has 5 heteroatoms. The van der Waals surface area contributed by atoms with Crippen molar-refractivity contribution >= 4 is 12.1 Å². The van der Waals surface area contributed by atoms with Crippen molar-refractivity contribution in [1.82, 2.24) is 5.32 Å². The van der Waals surface area contributed by atoms with E-state index in [1.54, 1.807) is 0 Å². The predicted molar refractivity (Wildman–Crippen MR) is 136 cm³/mol. The number of carbonyl (C=O) groups is 2. The van der Waals surface area contributed by atoms with Crippen LogP contribution >= 0.6 is 0 Å². The first-order valence-corrected chi connectivity index (χ1v) is 13.0. The molecule has 5 nitrogen and oxygen atoms in total. The molecule has 34 heavy (non-hydrogen) atoms. The Hall–Kier alpha value is -2.82. The highest BCUT2D eigenvalue weighted by Gasteiger charge is 2.29. The zero-order valence-corrected chi connectivity index (χ0v) is 20.4. The van der Waals surface area contributed by atoms with Crippen LogP contribution in [0.25, 0.3) is 11.1 Å². The highest BCUT2D eigenvalue weighted by Crippen LogP contribution is 2.44. The topological polar surface area (TPSA) is 75.6 Å². The zero-order valence-electron chi connectivity index (χ0n) is 20.4. The van der Waals surface area contributed by atoms with Gasteiger partial charge >= 0.3 is 12.1 Å². The molecule has 1 amide bonds. The summed E-state index contributed by atoms with van der Waals surface area (Å²) in [5.74, 6) is -1.05. The summed E-state index contributed by atoms with van der Waals surface area (Å²) >= 11 is 0. The van der Waals surface area contributed by atoms with E-state index < -0.39 is 18.1 Å². The van der Waals surface area contributed by atoms with Crippen molar-refractivity contribution < 1.29 is 19.4 Å². The normalized spacial score (nSPS) is 13.2. The second-order valence-electron chi connectivity index (χ2n) is 9.33. The number of carbonyl (C=O) groups excluding carboxylic acids is 1. The van der Waals surface area contributed by atoms with Crippen LogP contribution < -0.4 is 5.32 Å². The Kier molecular flexibility index (Phi) is 10.5. The van der Waals surface area contributed by atoms with Crippen molar-refractivity contribution in [2.75, 3.05) is 6.61 Å². The molecule has 2 N–H and O–H groups in total. The van der Waals surface area contributed by atoms with Crippen molar-refractivity contribution in [2.45, 2.75) is 89.5 Å². The molecule has 1 atom stereocenters. The fraction of sp³-hybridized carbons (Fsp3) is 0.517. The molecule has 3 rings (SSSR count). The van der Waals surface area contributed by atoms with Crippen LogP contribution in [0.3, 0.4) is 0 Å². The number of fused-ring (bicyclic) bond motifs is 3. The second kappa shape index (κ2) is 13.8. The number of carboxylic acid groups (broad SMARTS) is 1. The lowest BCUT2D eigenvalue weighted by molar-refractivity contribution is -0.139. The first-order chi connectivity index (χ1) is 16.6. The molecule has 1 aliphatic carbocycles. The molecule has 0 spiro atoms. The van der Waals surface area contributed by atoms with Crippen LogP contribution in [0.1, 0.15) is 94.6 Å². The van der Waals surface area contributed by atoms with Crippen molar-refractivity contribution in [1.29, 1.82) is 0 Å². The number of benzene rings is 2. The van der Waals surface area contributed by atoms with Crippen molar-refractivity contribution in [3.63, 3.8) is 0 Å². The van der Waals surface area contributed by atoms with Gasteiger partial charge in [0, 0.05) is 5.92 Å². The van der Waals surface area contributed by atoms with Gasteiger partial charge in [0.15, 0.2) is 0 Å². The third-order valence-electron chi connectivity index (χ3n) is 6.78. The number of alkyl carbamates (subject to hydrolysis) is 1. The maximum absolute atomic E-state index is 12.4. The monoisotopic (exact) mass is 465 g/mol. The van der Waals surface area contributed by atoms with E-state index >= 15 is 0 Å². The molecule has 1 aliphatic rings. The van der Waals surface area contributed by atoms with Gasteiger partial charge in [0.25, 0.3) is 0 Å². The third kappa shape index (κ3) is 7.34. The van der Waals surface area contributed by atoms with Crippen molar-refractivity contribution in [2.24, 2.45) is 0 Å². The molecule has 0 unspecified atom stereocenters. The van der Waals surface area contributed by atoms with E-state index in [4.69, 9.17) is 4.74 Å². The molecule has 0 aliphatic heterocycles. The second-order valence-corrected chi connectivity index (χ2v) is 9.33. The van der Waals surface area contributed by atoms with E-state index in [1.807, 2.05) is 24.3 Å². The Morgan fingerprint density at radius 3 is 1.85 bits per heavy atom. The fourth-order valence-electron chi connectivity index (χ4n) is 4.88. The Balaban J connectivity index is 1.39. The molecule has 0 saturated carbocycles. The summed E-state index contributed by atoms with van der Waals surface area (Å²) in [6.07, 6.45) is 11.7. The fourth-order valence-corrected chi connectivity index (χ4v) is 4.88. The van der Waals surface area contributed by atoms with Gasteiger partial charge < -0.3 is 15.2 Å². The van der Waals surface area contributed by atoms with Gasteiger partial charge in [-0.05, 0) is 28.7 Å². The molecule has 0 saturated heterocycles. The molecule has 2 aromatic rings. The minimum absolute atomic E-state index is 0.0385. The Morgan fingerprint density at radius 1 is 0.824 bits per heavy atom. The lowest BCUT2D eigenvalue weighted by Gasteiger charge is -2.17. The minimum Gasteiger partial charge on any atom is -0.480 e. The Morgan fingerprint density at radius 2 is 1.32 bits per heavy atom. The van der Waals surface area contributed by atoms with Gasteiger partial charge in [0.2, 0.25) is 0 Å². The summed E-state index contributed by atoms with van der Waals surface area (Å²) in [7, 11) is 0. The molecule has 2 aromatic carbocycles. The van der Waals surface area contributed by atoms with Crippen LogP contribution in [-0.2, 0) is 9.53 Å². The average Bonchev–Trinajstić information content (AvgIpc) is 3.16. The van der Waals surface area contributed by atoms with E-state index in [0.29, 0.717) is 6.42 Å². The molecule has 0 heterocycles. The molecule has 0 fully saturated rings. The lowest BCUT2D eigenvalue weighted by atomic mass is 9.98. The summed E-state index contributed by atoms with van der Waals surface area (Å²) in [4.78, 5) is 24.1.